The van der Waals surface area contributed by atoms with Gasteiger partial charge in [-0.05, 0) is 36.6 Å². The highest BCUT2D eigenvalue weighted by Gasteiger charge is 2.10. The third kappa shape index (κ3) is 2.91. The van der Waals surface area contributed by atoms with Crippen LogP contribution in [0.2, 0.25) is 0 Å². The molecule has 0 amide bonds. The van der Waals surface area contributed by atoms with Gasteiger partial charge in [0, 0.05) is 37.7 Å². The van der Waals surface area contributed by atoms with Crippen molar-refractivity contribution in [3.05, 3.63) is 36.0 Å². The van der Waals surface area contributed by atoms with Crippen molar-refractivity contribution in [2.24, 2.45) is 0 Å². The third-order valence-corrected chi connectivity index (χ3v) is 3.09. The molecule has 4 nitrogen and oxygen atoms in total. The maximum absolute atomic E-state index is 5.92. The average molecular weight is 232 g/mol. The van der Waals surface area contributed by atoms with Gasteiger partial charge in [-0.2, -0.15) is 0 Å². The highest BCUT2D eigenvalue weighted by molar-refractivity contribution is 5.55. The number of hydrogen-bond acceptors (Lipinski definition) is 4. The van der Waals surface area contributed by atoms with Crippen LogP contribution in [0.25, 0.3) is 0 Å². The van der Waals surface area contributed by atoms with Crippen LogP contribution >= 0.6 is 0 Å². The summed E-state index contributed by atoms with van der Waals surface area (Å²) in [4.78, 5) is 0. The van der Waals surface area contributed by atoms with E-state index in [9.17, 15) is 0 Å². The lowest BCUT2D eigenvalue weighted by Gasteiger charge is -2.25. The van der Waals surface area contributed by atoms with Crippen molar-refractivity contribution in [1.29, 1.82) is 0 Å². The predicted molar refractivity (Wildman–Crippen MR) is 72.1 cm³/mol. The van der Waals surface area contributed by atoms with Gasteiger partial charge >= 0.3 is 0 Å². The van der Waals surface area contributed by atoms with E-state index in [1.54, 1.807) is 0 Å². The summed E-state index contributed by atoms with van der Waals surface area (Å²) in [7, 11) is 2.09. The van der Waals surface area contributed by atoms with Crippen LogP contribution < -0.4 is 11.5 Å². The molecule has 1 heterocycles. The number of aryl methyl sites for hydroxylation is 1. The zero-order chi connectivity index (χ0) is 12.3. The topological polar surface area (TPSA) is 58.5 Å². The van der Waals surface area contributed by atoms with Gasteiger partial charge in [0.1, 0.15) is 0 Å². The Morgan fingerprint density at radius 1 is 1.29 bits per heavy atom. The molecule has 0 fully saturated rings. The molecule has 0 radical (unpaired) electrons. The quantitative estimate of drug-likeness (QED) is 0.772. The summed E-state index contributed by atoms with van der Waals surface area (Å²) in [5.74, 6) is 0. The van der Waals surface area contributed by atoms with Gasteiger partial charge in [0.05, 0.1) is 0 Å². The largest absolute Gasteiger partial charge is 0.399 e. The molecule has 4 heteroatoms. The van der Waals surface area contributed by atoms with Crippen LogP contribution in [0.3, 0.4) is 0 Å². The summed E-state index contributed by atoms with van der Waals surface area (Å²) in [5.41, 5.74) is 14.4. The second-order valence-electron chi connectivity index (χ2n) is 4.45. The van der Waals surface area contributed by atoms with Gasteiger partial charge in [0.2, 0.25) is 0 Å². The van der Waals surface area contributed by atoms with Crippen molar-refractivity contribution in [2.45, 2.75) is 12.8 Å². The van der Waals surface area contributed by atoms with Crippen LogP contribution in [0.4, 0.5) is 11.4 Å². The van der Waals surface area contributed by atoms with E-state index in [0.29, 0.717) is 0 Å². The Kier molecular flexibility index (Phi) is 3.54. The second-order valence-corrected chi connectivity index (χ2v) is 4.45. The summed E-state index contributed by atoms with van der Waals surface area (Å²) in [5, 5.41) is 4.42. The molecule has 2 rings (SSSR count). The molecule has 1 aliphatic heterocycles. The normalized spacial score (nSPS) is 15.7. The first-order valence-electron chi connectivity index (χ1n) is 5.95. The summed E-state index contributed by atoms with van der Waals surface area (Å²) in [6.45, 7) is 2.02. The monoisotopic (exact) mass is 232 g/mol. The van der Waals surface area contributed by atoms with Crippen molar-refractivity contribution in [3.8, 4) is 0 Å². The zero-order valence-corrected chi connectivity index (χ0v) is 10.3. The Balaban J connectivity index is 1.85. The first-order valence-corrected chi connectivity index (χ1v) is 5.95. The third-order valence-electron chi connectivity index (χ3n) is 3.09. The van der Waals surface area contributed by atoms with E-state index < -0.39 is 0 Å². The van der Waals surface area contributed by atoms with Crippen LogP contribution in [0.15, 0.2) is 30.5 Å². The van der Waals surface area contributed by atoms with Gasteiger partial charge in [0.15, 0.2) is 0 Å². The molecule has 17 heavy (non-hydrogen) atoms. The molecule has 4 N–H and O–H groups in total. The van der Waals surface area contributed by atoms with E-state index in [1.165, 1.54) is 0 Å². The maximum Gasteiger partial charge on any atom is 0.0375 e. The van der Waals surface area contributed by atoms with E-state index in [2.05, 4.69) is 29.3 Å². The van der Waals surface area contributed by atoms with Crippen LogP contribution in [0, 0.1) is 0 Å². The van der Waals surface area contributed by atoms with Crippen LogP contribution in [0.1, 0.15) is 12.0 Å². The van der Waals surface area contributed by atoms with Crippen molar-refractivity contribution in [1.82, 2.24) is 10.0 Å². The smallest absolute Gasteiger partial charge is 0.0375 e. The molecule has 92 valence electrons. The number of hydrazine groups is 1. The van der Waals surface area contributed by atoms with E-state index >= 15 is 0 Å². The summed E-state index contributed by atoms with van der Waals surface area (Å²) in [6, 6.07) is 5.70. The molecule has 1 aliphatic rings. The molecule has 1 aromatic carbocycles. The number of benzene rings is 1. The van der Waals surface area contributed by atoms with E-state index in [4.69, 9.17) is 11.5 Å². The first-order chi connectivity index (χ1) is 8.16. The fourth-order valence-electron chi connectivity index (χ4n) is 2.06. The zero-order valence-electron chi connectivity index (χ0n) is 10.3. The molecular weight excluding hydrogens is 212 g/mol. The molecular formula is C13H20N4. The van der Waals surface area contributed by atoms with Crippen molar-refractivity contribution < 1.29 is 0 Å². The van der Waals surface area contributed by atoms with Gasteiger partial charge in [0.25, 0.3) is 0 Å². The van der Waals surface area contributed by atoms with Crippen LogP contribution in [-0.4, -0.2) is 30.2 Å². The Morgan fingerprint density at radius 3 is 2.82 bits per heavy atom. The molecule has 0 saturated heterocycles. The minimum absolute atomic E-state index is 0.785. The number of nitrogens with two attached hydrogens (primary N) is 2. The number of nitrogen functional groups attached to an aromatic ring is 2. The van der Waals surface area contributed by atoms with E-state index in [-0.39, 0.29) is 0 Å². The number of hydrogen-bond donors (Lipinski definition) is 2. The van der Waals surface area contributed by atoms with Crippen molar-refractivity contribution in [2.75, 3.05) is 31.6 Å². The van der Waals surface area contributed by atoms with Gasteiger partial charge in [-0.1, -0.05) is 6.08 Å². The Hall–Kier alpha value is -1.68. The molecule has 1 aromatic rings. The Bertz CT molecular complexity index is 414. The number of nitrogens with zero attached hydrogens (tertiary/aromatic N) is 2. The molecule has 0 aromatic heterocycles. The minimum atomic E-state index is 0.785. The maximum atomic E-state index is 5.92. The minimum Gasteiger partial charge on any atom is -0.399 e. The lowest BCUT2D eigenvalue weighted by Crippen LogP contribution is -2.32. The Labute approximate surface area is 102 Å². The highest BCUT2D eigenvalue weighted by Crippen LogP contribution is 2.17. The SMILES string of the molecule is CN1CC=CN1CCCc1cc(N)ccc1N. The fraction of sp³-hybridized carbons (Fsp3) is 0.385. The van der Waals surface area contributed by atoms with E-state index in [0.717, 1.165) is 42.9 Å². The fourth-order valence-corrected chi connectivity index (χ4v) is 2.06. The average Bonchev–Trinajstić information content (AvgIpc) is 2.70. The molecule has 0 bridgehead atoms. The number of anilines is 2. The Morgan fingerprint density at radius 2 is 2.12 bits per heavy atom. The lowest BCUT2D eigenvalue weighted by molar-refractivity contribution is 0.0829. The summed E-state index contributed by atoms with van der Waals surface area (Å²) in [6.07, 6.45) is 6.33. The summed E-state index contributed by atoms with van der Waals surface area (Å²) < 4.78 is 0. The van der Waals surface area contributed by atoms with Crippen LogP contribution in [-0.2, 0) is 6.42 Å². The number of likely N-dealkylation sites (N-methyl/N-ethyl adjacent to an activating group) is 1. The first kappa shape index (κ1) is 11.8. The van der Waals surface area contributed by atoms with Gasteiger partial charge < -0.3 is 16.5 Å². The highest BCUT2D eigenvalue weighted by atomic mass is 15.6. The van der Waals surface area contributed by atoms with Crippen molar-refractivity contribution in [3.63, 3.8) is 0 Å². The second kappa shape index (κ2) is 5.10. The van der Waals surface area contributed by atoms with Crippen LogP contribution in [0.5, 0.6) is 0 Å². The number of rotatable bonds is 4. The molecule has 0 unspecified atom stereocenters. The molecule has 0 saturated carbocycles. The summed E-state index contributed by atoms with van der Waals surface area (Å²) >= 11 is 0. The molecule has 0 aliphatic carbocycles. The molecule has 0 atom stereocenters. The van der Waals surface area contributed by atoms with Gasteiger partial charge in [-0.3, -0.25) is 0 Å². The van der Waals surface area contributed by atoms with Crippen molar-refractivity contribution >= 4 is 11.4 Å². The van der Waals surface area contributed by atoms with Gasteiger partial charge in [-0.25, -0.2) is 5.01 Å². The van der Waals surface area contributed by atoms with Gasteiger partial charge in [-0.15, -0.1) is 0 Å². The van der Waals surface area contributed by atoms with E-state index in [1.807, 2.05) is 18.2 Å². The lowest BCUT2D eigenvalue weighted by atomic mass is 10.1. The standard InChI is InChI=1S/C13H20N4/c1-16-7-3-9-17(16)8-2-4-11-10-12(14)5-6-13(11)15/h3,5-6,9-10H,2,4,7-8,14-15H2,1H3. The predicted octanol–water partition coefficient (Wildman–Crippen LogP) is 1.46. The molecule has 0 spiro atoms.